The quantitative estimate of drug-likeness (QED) is 0.770. The Morgan fingerprint density at radius 3 is 1.33 bits per heavy atom. The minimum absolute atomic E-state index is 0.964. The van der Waals surface area contributed by atoms with Crippen LogP contribution in [-0.2, 0) is 24.1 Å². The third-order valence-corrected chi connectivity index (χ3v) is 5.81. The molecule has 0 amide bonds. The van der Waals surface area contributed by atoms with Gasteiger partial charge in [-0.25, -0.2) is 0 Å². The molecule has 2 nitrogen and oxygen atoms in total. The maximum absolute atomic E-state index is 5.95. The molecule has 0 fully saturated rings. The normalized spacial score (nSPS) is 10.4. The van der Waals surface area contributed by atoms with E-state index in [9.17, 15) is 0 Å². The number of hydrogen-bond acceptors (Lipinski definition) is 2. The SMILES string of the molecule is Cc1ccc([O][Zr][O]c2ccc(C)c(C)c2C)c(C)c1C. The summed E-state index contributed by atoms with van der Waals surface area (Å²) >= 11 is -1.38. The average molecular weight is 362 g/mol. The zero-order valence-electron chi connectivity index (χ0n) is 13.6. The van der Waals surface area contributed by atoms with Gasteiger partial charge in [-0.3, -0.25) is 0 Å². The Balaban J connectivity index is 2.06. The Hall–Kier alpha value is -1.08. The number of benzene rings is 2. The molecule has 0 bridgehead atoms. The van der Waals surface area contributed by atoms with E-state index >= 15 is 0 Å². The second-order valence-corrected chi connectivity index (χ2v) is 6.96. The van der Waals surface area contributed by atoms with Crippen LogP contribution in [0.2, 0.25) is 0 Å². The first-order chi connectivity index (χ1) is 9.91. The molecule has 0 aliphatic carbocycles. The average Bonchev–Trinajstić information content (AvgIpc) is 2.47. The maximum atomic E-state index is 5.95. The molecule has 0 atom stereocenters. The third-order valence-electron chi connectivity index (χ3n) is 4.32. The van der Waals surface area contributed by atoms with E-state index in [1.165, 1.54) is 33.4 Å². The van der Waals surface area contributed by atoms with Crippen molar-refractivity contribution < 1.29 is 29.7 Å². The van der Waals surface area contributed by atoms with Gasteiger partial charge in [-0.2, -0.15) is 0 Å². The van der Waals surface area contributed by atoms with Crippen molar-refractivity contribution in [2.24, 2.45) is 0 Å². The number of aryl methyl sites for hydroxylation is 2. The van der Waals surface area contributed by atoms with Gasteiger partial charge in [-0.15, -0.1) is 0 Å². The standard InChI is InChI=1S/2C9H12O.Zr/c2*1-6-4-5-9(10)8(3)7(6)2;/h2*4-5,10H,1-3H3;/q;;+2/p-2. The third kappa shape index (κ3) is 3.58. The monoisotopic (exact) mass is 360 g/mol. The van der Waals surface area contributed by atoms with E-state index in [0.29, 0.717) is 0 Å². The first-order valence-corrected chi connectivity index (χ1v) is 9.14. The Labute approximate surface area is 140 Å². The fourth-order valence-corrected chi connectivity index (χ4v) is 3.83. The molecule has 0 aromatic heterocycles. The molecule has 0 aliphatic rings. The van der Waals surface area contributed by atoms with Gasteiger partial charge in [0.2, 0.25) is 0 Å². The number of rotatable bonds is 4. The molecule has 2 aromatic rings. The molecular formula is C18H22O2Zr. The van der Waals surface area contributed by atoms with Crippen molar-refractivity contribution in [3.05, 3.63) is 57.6 Å². The zero-order valence-corrected chi connectivity index (χ0v) is 16.1. The summed E-state index contributed by atoms with van der Waals surface area (Å²) in [6.45, 7) is 12.7. The first kappa shape index (κ1) is 16.3. The molecule has 0 heterocycles. The molecule has 0 aliphatic heterocycles. The van der Waals surface area contributed by atoms with Crippen LogP contribution in [0.3, 0.4) is 0 Å². The molecule has 2 rings (SSSR count). The van der Waals surface area contributed by atoms with Gasteiger partial charge >= 0.3 is 140 Å². The predicted octanol–water partition coefficient (Wildman–Crippen LogP) is 4.91. The molecule has 0 radical (unpaired) electrons. The van der Waals surface area contributed by atoms with Gasteiger partial charge in [0.05, 0.1) is 0 Å². The molecule has 21 heavy (non-hydrogen) atoms. The van der Waals surface area contributed by atoms with Gasteiger partial charge < -0.3 is 0 Å². The number of hydrogen-bond donors (Lipinski definition) is 0. The van der Waals surface area contributed by atoms with E-state index in [0.717, 1.165) is 11.5 Å². The van der Waals surface area contributed by atoms with Crippen LogP contribution in [0.4, 0.5) is 0 Å². The summed E-state index contributed by atoms with van der Waals surface area (Å²) in [4.78, 5) is 0. The molecule has 0 unspecified atom stereocenters. The molecular weight excluding hydrogens is 339 g/mol. The molecule has 110 valence electrons. The van der Waals surface area contributed by atoms with E-state index in [1.54, 1.807) is 0 Å². The zero-order chi connectivity index (χ0) is 15.6. The van der Waals surface area contributed by atoms with Gasteiger partial charge in [0, 0.05) is 0 Å². The Kier molecular flexibility index (Phi) is 5.27. The van der Waals surface area contributed by atoms with E-state index in [4.69, 9.17) is 5.63 Å². The first-order valence-electron chi connectivity index (χ1n) is 7.14. The summed E-state index contributed by atoms with van der Waals surface area (Å²) in [6, 6.07) is 8.32. The van der Waals surface area contributed by atoms with Crippen LogP contribution in [0.15, 0.2) is 24.3 Å². The van der Waals surface area contributed by atoms with Crippen molar-refractivity contribution in [2.45, 2.75) is 41.5 Å². The van der Waals surface area contributed by atoms with Crippen molar-refractivity contribution in [1.29, 1.82) is 0 Å². The van der Waals surface area contributed by atoms with Crippen LogP contribution in [0.25, 0.3) is 0 Å². The summed E-state index contributed by atoms with van der Waals surface area (Å²) in [5.74, 6) is 1.93. The van der Waals surface area contributed by atoms with Crippen LogP contribution in [0.1, 0.15) is 33.4 Å². The Morgan fingerprint density at radius 2 is 0.952 bits per heavy atom. The minimum atomic E-state index is -1.38. The van der Waals surface area contributed by atoms with Crippen molar-refractivity contribution in [3.8, 4) is 11.5 Å². The van der Waals surface area contributed by atoms with E-state index in [1.807, 2.05) is 0 Å². The molecule has 0 N–H and O–H groups in total. The van der Waals surface area contributed by atoms with Gasteiger partial charge in [0.1, 0.15) is 0 Å². The summed E-state index contributed by atoms with van der Waals surface area (Å²) < 4.78 is 11.9. The van der Waals surface area contributed by atoms with Crippen molar-refractivity contribution >= 4 is 0 Å². The van der Waals surface area contributed by atoms with Gasteiger partial charge in [0.15, 0.2) is 0 Å². The van der Waals surface area contributed by atoms with E-state index in [2.05, 4.69) is 65.8 Å². The molecule has 3 heteroatoms. The van der Waals surface area contributed by atoms with Crippen LogP contribution < -0.4 is 5.63 Å². The topological polar surface area (TPSA) is 18.5 Å². The second-order valence-electron chi connectivity index (χ2n) is 5.55. The summed E-state index contributed by atoms with van der Waals surface area (Å²) in [5, 5.41) is 0. The fraction of sp³-hybridized carbons (Fsp3) is 0.333. The van der Waals surface area contributed by atoms with Crippen LogP contribution in [-0.4, -0.2) is 0 Å². The van der Waals surface area contributed by atoms with Crippen molar-refractivity contribution in [1.82, 2.24) is 0 Å². The Morgan fingerprint density at radius 1 is 0.571 bits per heavy atom. The second kappa shape index (κ2) is 6.79. The van der Waals surface area contributed by atoms with Crippen molar-refractivity contribution in [3.63, 3.8) is 0 Å². The molecule has 0 spiro atoms. The van der Waals surface area contributed by atoms with Gasteiger partial charge in [-0.1, -0.05) is 0 Å². The summed E-state index contributed by atoms with van der Waals surface area (Å²) in [5.41, 5.74) is 7.64. The van der Waals surface area contributed by atoms with E-state index in [-0.39, 0.29) is 0 Å². The van der Waals surface area contributed by atoms with Gasteiger partial charge in [-0.05, 0) is 0 Å². The van der Waals surface area contributed by atoms with Crippen LogP contribution >= 0.6 is 0 Å². The molecule has 0 saturated heterocycles. The van der Waals surface area contributed by atoms with Crippen molar-refractivity contribution in [2.75, 3.05) is 0 Å². The Bertz CT molecular complexity index is 605. The predicted molar refractivity (Wildman–Crippen MR) is 82.6 cm³/mol. The molecule has 2 aromatic carbocycles. The van der Waals surface area contributed by atoms with Crippen LogP contribution in [0.5, 0.6) is 11.5 Å². The molecule has 0 saturated carbocycles. The van der Waals surface area contributed by atoms with Gasteiger partial charge in [0.25, 0.3) is 0 Å². The van der Waals surface area contributed by atoms with Crippen LogP contribution in [0, 0.1) is 41.5 Å². The van der Waals surface area contributed by atoms with E-state index < -0.39 is 24.1 Å². The summed E-state index contributed by atoms with van der Waals surface area (Å²) in [7, 11) is 0. The fourth-order valence-electron chi connectivity index (χ4n) is 2.19. The summed E-state index contributed by atoms with van der Waals surface area (Å²) in [6.07, 6.45) is 0.